The summed E-state index contributed by atoms with van der Waals surface area (Å²) in [4.78, 5) is 0. The predicted molar refractivity (Wildman–Crippen MR) is 73.1 cm³/mol. The molecular formula is C11H10BrCl2N3. The molecule has 1 heterocycles. The highest BCUT2D eigenvalue weighted by Gasteiger charge is 2.03. The Morgan fingerprint density at radius 3 is 2.76 bits per heavy atom. The van der Waals surface area contributed by atoms with E-state index in [-0.39, 0.29) is 0 Å². The van der Waals surface area contributed by atoms with Crippen LogP contribution in [0.3, 0.4) is 0 Å². The van der Waals surface area contributed by atoms with Gasteiger partial charge in [0.1, 0.15) is 0 Å². The maximum atomic E-state index is 5.95. The van der Waals surface area contributed by atoms with Gasteiger partial charge < -0.3 is 0 Å². The van der Waals surface area contributed by atoms with Gasteiger partial charge in [0.05, 0.1) is 22.3 Å². The summed E-state index contributed by atoms with van der Waals surface area (Å²) < 4.78 is 1.79. The zero-order valence-electron chi connectivity index (χ0n) is 8.91. The van der Waals surface area contributed by atoms with E-state index in [1.165, 1.54) is 0 Å². The van der Waals surface area contributed by atoms with Crippen LogP contribution in [0.15, 0.2) is 24.4 Å². The molecule has 1 aromatic heterocycles. The highest BCUT2D eigenvalue weighted by molar-refractivity contribution is 9.09. The highest BCUT2D eigenvalue weighted by atomic mass is 79.9. The van der Waals surface area contributed by atoms with E-state index in [2.05, 4.69) is 26.2 Å². The summed E-state index contributed by atoms with van der Waals surface area (Å²) in [7, 11) is 0. The summed E-state index contributed by atoms with van der Waals surface area (Å²) in [5.41, 5.74) is 2.02. The predicted octanol–water partition coefficient (Wildman–Crippen LogP) is 3.57. The summed E-state index contributed by atoms with van der Waals surface area (Å²) in [6.45, 7) is 0.645. The molecular weight excluding hydrogens is 325 g/mol. The lowest BCUT2D eigenvalue weighted by molar-refractivity contribution is 0.649. The van der Waals surface area contributed by atoms with Gasteiger partial charge in [-0.15, -0.1) is 5.10 Å². The number of aryl methyl sites for hydroxylation is 1. The molecule has 0 saturated heterocycles. The van der Waals surface area contributed by atoms with E-state index in [4.69, 9.17) is 23.2 Å². The molecule has 0 fully saturated rings. The van der Waals surface area contributed by atoms with E-state index >= 15 is 0 Å². The van der Waals surface area contributed by atoms with Gasteiger partial charge in [-0.05, 0) is 17.7 Å². The first kappa shape index (κ1) is 12.9. The fourth-order valence-electron chi connectivity index (χ4n) is 1.45. The van der Waals surface area contributed by atoms with Crippen LogP contribution in [0.4, 0.5) is 0 Å². The Hall–Kier alpha value is -0.580. The van der Waals surface area contributed by atoms with E-state index in [0.29, 0.717) is 16.6 Å². The van der Waals surface area contributed by atoms with Gasteiger partial charge in [0.25, 0.3) is 0 Å². The van der Waals surface area contributed by atoms with Crippen LogP contribution < -0.4 is 0 Å². The maximum Gasteiger partial charge on any atom is 0.0835 e. The Morgan fingerprint density at radius 2 is 2.06 bits per heavy atom. The van der Waals surface area contributed by atoms with E-state index in [9.17, 15) is 0 Å². The van der Waals surface area contributed by atoms with Crippen LogP contribution in [0.1, 0.15) is 11.3 Å². The van der Waals surface area contributed by atoms with Crippen molar-refractivity contribution in [2.45, 2.75) is 13.0 Å². The number of hydrogen-bond acceptors (Lipinski definition) is 2. The number of alkyl halides is 1. The standard InChI is InChI=1S/C11H10BrCl2N3/c12-4-3-9-7-17(16-15-9)6-8-1-2-10(13)11(14)5-8/h1-2,5,7H,3-4,6H2. The van der Waals surface area contributed by atoms with E-state index < -0.39 is 0 Å². The molecule has 2 aromatic rings. The van der Waals surface area contributed by atoms with E-state index in [1.54, 1.807) is 10.7 Å². The first-order valence-electron chi connectivity index (χ1n) is 5.08. The molecule has 0 aliphatic carbocycles. The van der Waals surface area contributed by atoms with Crippen molar-refractivity contribution in [3.05, 3.63) is 45.7 Å². The van der Waals surface area contributed by atoms with Gasteiger partial charge in [0, 0.05) is 17.9 Å². The third-order valence-corrected chi connectivity index (χ3v) is 3.40. The van der Waals surface area contributed by atoms with Crippen LogP contribution in [-0.2, 0) is 13.0 Å². The lowest BCUT2D eigenvalue weighted by Gasteiger charge is -2.02. The summed E-state index contributed by atoms with van der Waals surface area (Å²) in [6.07, 6.45) is 2.81. The van der Waals surface area contributed by atoms with Crippen LogP contribution in [-0.4, -0.2) is 20.3 Å². The Labute approximate surface area is 118 Å². The molecule has 0 unspecified atom stereocenters. The zero-order chi connectivity index (χ0) is 12.3. The van der Waals surface area contributed by atoms with E-state index in [1.807, 2.05) is 18.3 Å². The number of benzene rings is 1. The normalized spacial score (nSPS) is 10.8. The quantitative estimate of drug-likeness (QED) is 0.800. The van der Waals surface area contributed by atoms with Crippen molar-refractivity contribution >= 4 is 39.1 Å². The lowest BCUT2D eigenvalue weighted by atomic mass is 10.2. The Kier molecular flexibility index (Phi) is 4.42. The largest absolute Gasteiger partial charge is 0.248 e. The number of hydrogen-bond donors (Lipinski definition) is 0. The maximum absolute atomic E-state index is 5.95. The van der Waals surface area contributed by atoms with Crippen molar-refractivity contribution in [1.82, 2.24) is 15.0 Å². The van der Waals surface area contributed by atoms with Gasteiger partial charge in [-0.3, -0.25) is 0 Å². The molecule has 17 heavy (non-hydrogen) atoms. The topological polar surface area (TPSA) is 30.7 Å². The second-order valence-corrected chi connectivity index (χ2v) is 5.20. The molecule has 0 spiro atoms. The second kappa shape index (κ2) is 5.85. The number of nitrogens with zero attached hydrogens (tertiary/aromatic N) is 3. The molecule has 90 valence electrons. The van der Waals surface area contributed by atoms with Crippen molar-refractivity contribution in [3.63, 3.8) is 0 Å². The average Bonchev–Trinajstić information content (AvgIpc) is 2.72. The third kappa shape index (κ3) is 3.44. The summed E-state index contributed by atoms with van der Waals surface area (Å²) in [6, 6.07) is 5.56. The third-order valence-electron chi connectivity index (χ3n) is 2.27. The number of aromatic nitrogens is 3. The van der Waals surface area contributed by atoms with Gasteiger partial charge in [-0.2, -0.15) is 0 Å². The minimum absolute atomic E-state index is 0.560. The van der Waals surface area contributed by atoms with Gasteiger partial charge >= 0.3 is 0 Å². The molecule has 0 saturated carbocycles. The van der Waals surface area contributed by atoms with Crippen LogP contribution in [0.2, 0.25) is 10.0 Å². The fraction of sp³-hybridized carbons (Fsp3) is 0.273. The minimum atomic E-state index is 0.560. The molecule has 0 aliphatic rings. The summed E-state index contributed by atoms with van der Waals surface area (Å²) in [5.74, 6) is 0. The molecule has 0 bridgehead atoms. The van der Waals surface area contributed by atoms with Gasteiger partial charge in [0.15, 0.2) is 0 Å². The van der Waals surface area contributed by atoms with Crippen molar-refractivity contribution in [2.75, 3.05) is 5.33 Å². The molecule has 3 nitrogen and oxygen atoms in total. The minimum Gasteiger partial charge on any atom is -0.248 e. The second-order valence-electron chi connectivity index (χ2n) is 3.59. The summed E-state index contributed by atoms with van der Waals surface area (Å²) >= 11 is 15.2. The zero-order valence-corrected chi connectivity index (χ0v) is 12.0. The van der Waals surface area contributed by atoms with Gasteiger partial charge in [-0.1, -0.05) is 50.4 Å². The first-order chi connectivity index (χ1) is 8.19. The average molecular weight is 335 g/mol. The number of halogens is 3. The van der Waals surface area contributed by atoms with Crippen LogP contribution >= 0.6 is 39.1 Å². The van der Waals surface area contributed by atoms with E-state index in [0.717, 1.165) is 23.0 Å². The Balaban J connectivity index is 2.11. The molecule has 6 heteroatoms. The van der Waals surface area contributed by atoms with Gasteiger partial charge in [-0.25, -0.2) is 4.68 Å². The van der Waals surface area contributed by atoms with Crippen molar-refractivity contribution in [2.24, 2.45) is 0 Å². The summed E-state index contributed by atoms with van der Waals surface area (Å²) in [5, 5.41) is 10.1. The van der Waals surface area contributed by atoms with Crippen LogP contribution in [0.5, 0.6) is 0 Å². The molecule has 1 aromatic carbocycles. The molecule has 2 rings (SSSR count). The van der Waals surface area contributed by atoms with Crippen LogP contribution in [0.25, 0.3) is 0 Å². The molecule has 0 aliphatic heterocycles. The smallest absolute Gasteiger partial charge is 0.0835 e. The van der Waals surface area contributed by atoms with Gasteiger partial charge in [0.2, 0.25) is 0 Å². The Bertz CT molecular complexity index is 513. The highest BCUT2D eigenvalue weighted by Crippen LogP contribution is 2.22. The lowest BCUT2D eigenvalue weighted by Crippen LogP contribution is -2.00. The SMILES string of the molecule is Clc1ccc(Cn2cc(CCBr)nn2)cc1Cl. The van der Waals surface area contributed by atoms with Crippen molar-refractivity contribution < 1.29 is 0 Å². The Morgan fingerprint density at radius 1 is 1.24 bits per heavy atom. The fourth-order valence-corrected chi connectivity index (χ4v) is 2.18. The van der Waals surface area contributed by atoms with Crippen LogP contribution in [0, 0.1) is 0 Å². The van der Waals surface area contributed by atoms with Crippen molar-refractivity contribution in [3.8, 4) is 0 Å². The number of rotatable bonds is 4. The molecule has 0 amide bonds. The van der Waals surface area contributed by atoms with Crippen molar-refractivity contribution in [1.29, 1.82) is 0 Å². The monoisotopic (exact) mass is 333 g/mol. The molecule has 0 N–H and O–H groups in total. The molecule has 0 radical (unpaired) electrons. The first-order valence-corrected chi connectivity index (χ1v) is 6.95. The molecule has 0 atom stereocenters.